The van der Waals surface area contributed by atoms with Crippen LogP contribution in [-0.4, -0.2) is 93.0 Å². The van der Waals surface area contributed by atoms with Gasteiger partial charge in [-0.2, -0.15) is 0 Å². The van der Waals surface area contributed by atoms with Crippen molar-refractivity contribution in [1.82, 2.24) is 10.3 Å². The number of pyridine rings is 1. The van der Waals surface area contributed by atoms with E-state index in [9.17, 15) is 9.59 Å². The topological polar surface area (TPSA) is 71.5 Å². The van der Waals surface area contributed by atoms with E-state index in [0.29, 0.717) is 13.0 Å². The van der Waals surface area contributed by atoms with Crippen molar-refractivity contribution >= 4 is 80.1 Å². The number of amides is 2. The number of anilines is 1. The van der Waals surface area contributed by atoms with Crippen molar-refractivity contribution in [2.75, 3.05) is 25.1 Å². The summed E-state index contributed by atoms with van der Waals surface area (Å²) >= 11 is 1.05. The van der Waals surface area contributed by atoms with Crippen LogP contribution in [0.4, 0.5) is 10.6 Å². The van der Waals surface area contributed by atoms with Crippen molar-refractivity contribution in [3.05, 3.63) is 54.2 Å². The van der Waals surface area contributed by atoms with Crippen molar-refractivity contribution in [3.63, 3.8) is 0 Å². The zero-order chi connectivity index (χ0) is 17.6. The van der Waals surface area contributed by atoms with E-state index in [2.05, 4.69) is 10.3 Å². The van der Waals surface area contributed by atoms with Crippen LogP contribution >= 0.6 is 11.8 Å². The Labute approximate surface area is 199 Å². The first-order chi connectivity index (χ1) is 12.1. The van der Waals surface area contributed by atoms with Gasteiger partial charge in [-0.3, -0.25) is 14.9 Å². The number of aromatic nitrogens is 1. The molecule has 1 saturated heterocycles. The van der Waals surface area contributed by atoms with Gasteiger partial charge < -0.3 is 9.64 Å². The number of carbonyl (C=O) groups excluding carboxylic acids is 2. The summed E-state index contributed by atoms with van der Waals surface area (Å²) in [4.78, 5) is 29.1. The van der Waals surface area contributed by atoms with Crippen LogP contribution in [0.15, 0.2) is 48.7 Å². The third-order valence-electron chi connectivity index (χ3n) is 3.85. The fraction of sp³-hybridized carbons (Fsp3) is 0.278. The summed E-state index contributed by atoms with van der Waals surface area (Å²) in [5.41, 5.74) is 1.00. The second-order valence-electron chi connectivity index (χ2n) is 5.69. The van der Waals surface area contributed by atoms with Gasteiger partial charge in [0, 0.05) is 64.6 Å². The van der Waals surface area contributed by atoms with Gasteiger partial charge in [-0.05, 0) is 36.2 Å². The van der Waals surface area contributed by atoms with Gasteiger partial charge in [0.2, 0.25) is 5.91 Å². The molecule has 1 N–H and O–H groups in total. The Hall–Kier alpha value is -0.904. The molecule has 8 heteroatoms. The molecule has 0 saturated carbocycles. The molecule has 1 aromatic carbocycles. The molecule has 1 fully saturated rings. The number of hydrogen-bond acceptors (Lipinski definition) is 6. The molecule has 1 radical (unpaired) electrons. The van der Waals surface area contributed by atoms with Gasteiger partial charge in [-0.25, -0.2) is 4.98 Å². The Balaban J connectivity index is 0.00000243. The van der Waals surface area contributed by atoms with Crippen LogP contribution in [0.25, 0.3) is 0 Å². The molecule has 1 unspecified atom stereocenters. The zero-order valence-corrected chi connectivity index (χ0v) is 18.8. The number of likely N-dealkylation sites (N-methyl/N-ethyl adjacent to an activating group) is 1. The SMILES string of the molecule is CN(CCOc1ccc(CC2SC(=O)NC2=O)cc1)c1ccccn1.[K]. The summed E-state index contributed by atoms with van der Waals surface area (Å²) in [6.07, 6.45) is 2.30. The summed E-state index contributed by atoms with van der Waals surface area (Å²) in [6, 6.07) is 13.4. The van der Waals surface area contributed by atoms with E-state index < -0.39 is 0 Å². The smallest absolute Gasteiger partial charge is 0.286 e. The normalized spacial score (nSPS) is 16.0. The van der Waals surface area contributed by atoms with Crippen LogP contribution in [0, 0.1) is 0 Å². The number of carbonyl (C=O) groups is 2. The number of thioether (sulfide) groups is 1. The Morgan fingerprint density at radius 1 is 1.19 bits per heavy atom. The molecule has 1 aliphatic heterocycles. The predicted octanol–water partition coefficient (Wildman–Crippen LogP) is 2.11. The van der Waals surface area contributed by atoms with E-state index in [0.717, 1.165) is 35.4 Å². The maximum Gasteiger partial charge on any atom is 0.286 e. The fourth-order valence-corrected chi connectivity index (χ4v) is 3.32. The largest absolute Gasteiger partial charge is 0.492 e. The second-order valence-corrected chi connectivity index (χ2v) is 6.86. The van der Waals surface area contributed by atoms with Crippen molar-refractivity contribution in [1.29, 1.82) is 0 Å². The molecular formula is C18H19KN3O3S. The van der Waals surface area contributed by atoms with Gasteiger partial charge in [0.05, 0.1) is 11.8 Å². The molecule has 0 bridgehead atoms. The van der Waals surface area contributed by atoms with Gasteiger partial charge in [0.1, 0.15) is 18.2 Å². The summed E-state index contributed by atoms with van der Waals surface area (Å²) in [7, 11) is 1.97. The maximum absolute atomic E-state index is 11.6. The molecule has 131 valence electrons. The number of ether oxygens (including phenoxy) is 1. The number of nitrogens with zero attached hydrogens (tertiary/aromatic N) is 2. The molecule has 1 aliphatic rings. The predicted molar refractivity (Wildman–Crippen MR) is 104 cm³/mol. The average molecular weight is 397 g/mol. The number of imide groups is 1. The molecule has 2 aromatic rings. The van der Waals surface area contributed by atoms with Gasteiger partial charge in [0.15, 0.2) is 0 Å². The van der Waals surface area contributed by atoms with Crippen molar-refractivity contribution in [3.8, 4) is 5.75 Å². The first kappa shape index (κ1) is 21.4. The number of hydrogen-bond donors (Lipinski definition) is 1. The monoisotopic (exact) mass is 396 g/mol. The molecule has 2 heterocycles. The van der Waals surface area contributed by atoms with Gasteiger partial charge in [0.25, 0.3) is 5.24 Å². The van der Waals surface area contributed by atoms with Crippen molar-refractivity contribution in [2.45, 2.75) is 11.7 Å². The van der Waals surface area contributed by atoms with E-state index in [1.54, 1.807) is 6.20 Å². The van der Waals surface area contributed by atoms with E-state index in [-0.39, 0.29) is 67.8 Å². The Morgan fingerprint density at radius 3 is 2.58 bits per heavy atom. The van der Waals surface area contributed by atoms with Crippen LogP contribution in [0.2, 0.25) is 0 Å². The minimum absolute atomic E-state index is 0. The number of nitrogens with one attached hydrogen (secondary N) is 1. The van der Waals surface area contributed by atoms with Crippen LogP contribution in [0.3, 0.4) is 0 Å². The van der Waals surface area contributed by atoms with Crippen molar-refractivity contribution in [2.24, 2.45) is 0 Å². The second kappa shape index (κ2) is 10.4. The third kappa shape index (κ3) is 6.07. The Morgan fingerprint density at radius 2 is 1.96 bits per heavy atom. The van der Waals surface area contributed by atoms with Crippen LogP contribution in [0.5, 0.6) is 5.75 Å². The average Bonchev–Trinajstić information content (AvgIpc) is 2.94. The molecule has 2 amide bonds. The fourth-order valence-electron chi connectivity index (χ4n) is 2.46. The number of rotatable bonds is 7. The Kier molecular flexibility index (Phi) is 8.59. The standard InChI is InChI=1S/C18H19N3O3S.K/c1-21(16-4-2-3-9-19-16)10-11-24-14-7-5-13(6-8-14)12-15-17(22)20-18(23)25-15;/h2-9,15H,10-12H2,1H3,(H,20,22,23);. The Bertz CT molecular complexity index is 743. The molecule has 0 spiro atoms. The minimum Gasteiger partial charge on any atom is -0.492 e. The summed E-state index contributed by atoms with van der Waals surface area (Å²) < 4.78 is 5.75. The van der Waals surface area contributed by atoms with E-state index in [1.165, 1.54) is 0 Å². The first-order valence-corrected chi connectivity index (χ1v) is 8.85. The van der Waals surface area contributed by atoms with Gasteiger partial charge in [-0.15, -0.1) is 0 Å². The molecule has 26 heavy (non-hydrogen) atoms. The summed E-state index contributed by atoms with van der Waals surface area (Å²) in [6.45, 7) is 1.27. The van der Waals surface area contributed by atoms with Crippen LogP contribution < -0.4 is 15.0 Å². The number of benzene rings is 1. The summed E-state index contributed by atoms with van der Waals surface area (Å²) in [5.74, 6) is 1.47. The molecule has 3 rings (SSSR count). The van der Waals surface area contributed by atoms with Gasteiger partial charge >= 0.3 is 0 Å². The quantitative estimate of drug-likeness (QED) is 0.723. The maximum atomic E-state index is 11.6. The van der Waals surface area contributed by atoms with E-state index in [1.807, 2.05) is 54.4 Å². The molecule has 1 aromatic heterocycles. The van der Waals surface area contributed by atoms with Crippen LogP contribution in [-0.2, 0) is 11.2 Å². The molecule has 0 aliphatic carbocycles. The zero-order valence-electron chi connectivity index (χ0n) is 14.8. The van der Waals surface area contributed by atoms with Crippen LogP contribution in [0.1, 0.15) is 5.56 Å². The molecule has 6 nitrogen and oxygen atoms in total. The molecular weight excluding hydrogens is 377 g/mol. The van der Waals surface area contributed by atoms with E-state index in [4.69, 9.17) is 4.74 Å². The molecule has 1 atom stereocenters. The summed E-state index contributed by atoms with van der Waals surface area (Å²) in [5, 5.41) is 1.69. The minimum atomic E-state index is -0.341. The van der Waals surface area contributed by atoms with E-state index >= 15 is 0 Å². The third-order valence-corrected chi connectivity index (χ3v) is 4.83. The van der Waals surface area contributed by atoms with Crippen molar-refractivity contribution < 1.29 is 14.3 Å². The first-order valence-electron chi connectivity index (χ1n) is 7.97. The van der Waals surface area contributed by atoms with Gasteiger partial charge in [-0.1, -0.05) is 30.0 Å².